The molecule has 1 aliphatic rings. The van der Waals surface area contributed by atoms with Crippen LogP contribution < -0.4 is 4.90 Å². The largest absolute Gasteiger partial charge is 0.340 e. The minimum absolute atomic E-state index is 0.389. The molecule has 0 bridgehead atoms. The van der Waals surface area contributed by atoms with Crippen molar-refractivity contribution in [3.63, 3.8) is 0 Å². The van der Waals surface area contributed by atoms with E-state index in [2.05, 4.69) is 37.7 Å². The van der Waals surface area contributed by atoms with Crippen LogP contribution in [0.2, 0.25) is 0 Å². The van der Waals surface area contributed by atoms with Crippen LogP contribution in [-0.4, -0.2) is 27.9 Å². The summed E-state index contributed by atoms with van der Waals surface area (Å²) in [6.07, 6.45) is 3.53. The summed E-state index contributed by atoms with van der Waals surface area (Å²) < 4.78 is 12.6. The molecule has 2 unspecified atom stereocenters. The molecule has 0 aliphatic carbocycles. The van der Waals surface area contributed by atoms with Gasteiger partial charge in [-0.05, 0) is 12.3 Å². The van der Waals surface area contributed by atoms with Crippen LogP contribution >= 0.6 is 15.9 Å². The number of alkyl halides is 1. The highest BCUT2D eigenvalue weighted by Crippen LogP contribution is 2.25. The Morgan fingerprint density at radius 1 is 1.47 bits per heavy atom. The molecule has 82 valence electrons. The van der Waals surface area contributed by atoms with E-state index >= 15 is 0 Å². The molecule has 1 aromatic heterocycles. The molecule has 1 aliphatic heterocycles. The van der Waals surface area contributed by atoms with E-state index in [4.69, 9.17) is 0 Å². The smallest absolute Gasteiger partial charge is 0.225 e. The topological polar surface area (TPSA) is 29.0 Å². The van der Waals surface area contributed by atoms with Crippen LogP contribution in [0, 0.1) is 11.7 Å². The highest BCUT2D eigenvalue weighted by molar-refractivity contribution is 9.09. The van der Waals surface area contributed by atoms with Gasteiger partial charge in [0.1, 0.15) is 0 Å². The quantitative estimate of drug-likeness (QED) is 0.735. The van der Waals surface area contributed by atoms with E-state index in [1.807, 2.05) is 0 Å². The van der Waals surface area contributed by atoms with Gasteiger partial charge in [-0.2, -0.15) is 0 Å². The third kappa shape index (κ3) is 2.45. The molecule has 2 atom stereocenters. The van der Waals surface area contributed by atoms with E-state index in [0.717, 1.165) is 19.5 Å². The van der Waals surface area contributed by atoms with E-state index < -0.39 is 0 Å². The highest BCUT2D eigenvalue weighted by Gasteiger charge is 2.25. The van der Waals surface area contributed by atoms with Gasteiger partial charge in [0.15, 0.2) is 5.82 Å². The molecule has 5 heteroatoms. The second-order valence-electron chi connectivity index (χ2n) is 3.93. The Kier molecular flexibility index (Phi) is 3.19. The molecule has 0 spiro atoms. The molecule has 0 radical (unpaired) electrons. The fourth-order valence-corrected chi connectivity index (χ4v) is 2.29. The number of halogens is 2. The molecule has 0 amide bonds. The second-order valence-corrected chi connectivity index (χ2v) is 5.11. The van der Waals surface area contributed by atoms with E-state index in [-0.39, 0.29) is 5.82 Å². The van der Waals surface area contributed by atoms with Gasteiger partial charge in [0.05, 0.1) is 12.4 Å². The van der Waals surface area contributed by atoms with E-state index in [9.17, 15) is 4.39 Å². The monoisotopic (exact) mass is 273 g/mol. The first-order valence-electron chi connectivity index (χ1n) is 5.03. The molecule has 2 heterocycles. The van der Waals surface area contributed by atoms with Crippen molar-refractivity contribution in [2.24, 2.45) is 5.92 Å². The number of piperidine rings is 1. The maximum atomic E-state index is 12.6. The summed E-state index contributed by atoms with van der Waals surface area (Å²) in [5.74, 6) is 0.897. The van der Waals surface area contributed by atoms with Gasteiger partial charge in [-0.25, -0.2) is 14.4 Å². The zero-order valence-corrected chi connectivity index (χ0v) is 10.1. The maximum Gasteiger partial charge on any atom is 0.225 e. The Morgan fingerprint density at radius 3 is 2.73 bits per heavy atom. The number of aromatic nitrogens is 2. The molecule has 0 N–H and O–H groups in total. The minimum Gasteiger partial charge on any atom is -0.340 e. The van der Waals surface area contributed by atoms with Crippen molar-refractivity contribution in [1.82, 2.24) is 9.97 Å². The van der Waals surface area contributed by atoms with Crippen molar-refractivity contribution in [3.05, 3.63) is 18.2 Å². The third-order valence-electron chi connectivity index (χ3n) is 2.76. The van der Waals surface area contributed by atoms with Crippen molar-refractivity contribution >= 4 is 21.9 Å². The SMILES string of the molecule is CC1CCN(c2ncc(F)cn2)CC1Br. The van der Waals surface area contributed by atoms with Gasteiger partial charge < -0.3 is 4.90 Å². The van der Waals surface area contributed by atoms with Gasteiger partial charge in [0, 0.05) is 17.9 Å². The van der Waals surface area contributed by atoms with Gasteiger partial charge in [0.25, 0.3) is 0 Å². The van der Waals surface area contributed by atoms with E-state index in [1.165, 1.54) is 12.4 Å². The highest BCUT2D eigenvalue weighted by atomic mass is 79.9. The van der Waals surface area contributed by atoms with Crippen LogP contribution in [0.3, 0.4) is 0 Å². The van der Waals surface area contributed by atoms with Crippen molar-refractivity contribution in [2.45, 2.75) is 18.2 Å². The molecule has 0 aromatic carbocycles. The van der Waals surface area contributed by atoms with Gasteiger partial charge >= 0.3 is 0 Å². The standard InChI is InChI=1S/C10H13BrFN3/c1-7-2-3-15(6-9(7)11)10-13-4-8(12)5-14-10/h4-5,7,9H,2-3,6H2,1H3. The Labute approximate surface area is 96.8 Å². The first-order valence-corrected chi connectivity index (χ1v) is 5.95. The summed E-state index contributed by atoms with van der Waals surface area (Å²) in [4.78, 5) is 10.5. The number of hydrogen-bond donors (Lipinski definition) is 0. The predicted molar refractivity (Wildman–Crippen MR) is 60.7 cm³/mol. The lowest BCUT2D eigenvalue weighted by Gasteiger charge is -2.34. The lowest BCUT2D eigenvalue weighted by atomic mass is 9.99. The molecular weight excluding hydrogens is 261 g/mol. The van der Waals surface area contributed by atoms with Crippen LogP contribution in [0.4, 0.5) is 10.3 Å². The number of nitrogens with zero attached hydrogens (tertiary/aromatic N) is 3. The average molecular weight is 274 g/mol. The third-order valence-corrected chi connectivity index (χ3v) is 3.95. The van der Waals surface area contributed by atoms with Gasteiger partial charge in [-0.1, -0.05) is 22.9 Å². The zero-order chi connectivity index (χ0) is 10.8. The van der Waals surface area contributed by atoms with Crippen LogP contribution in [0.5, 0.6) is 0 Å². The fourth-order valence-electron chi connectivity index (χ4n) is 1.67. The van der Waals surface area contributed by atoms with E-state index in [1.54, 1.807) is 0 Å². The molecule has 0 saturated carbocycles. The van der Waals surface area contributed by atoms with Gasteiger partial charge in [-0.3, -0.25) is 0 Å². The van der Waals surface area contributed by atoms with Crippen molar-refractivity contribution in [2.75, 3.05) is 18.0 Å². The molecule has 15 heavy (non-hydrogen) atoms. The van der Waals surface area contributed by atoms with Crippen molar-refractivity contribution in [1.29, 1.82) is 0 Å². The fraction of sp³-hybridized carbons (Fsp3) is 0.600. The van der Waals surface area contributed by atoms with Crippen molar-refractivity contribution in [3.8, 4) is 0 Å². The summed E-state index contributed by atoms with van der Waals surface area (Å²) in [6.45, 7) is 4.05. The van der Waals surface area contributed by atoms with Gasteiger partial charge in [-0.15, -0.1) is 0 Å². The Bertz CT molecular complexity index is 330. The Balaban J connectivity index is 2.08. The molecule has 1 aromatic rings. The van der Waals surface area contributed by atoms with Crippen LogP contribution in [-0.2, 0) is 0 Å². The summed E-state index contributed by atoms with van der Waals surface area (Å²) in [5.41, 5.74) is 0. The predicted octanol–water partition coefficient (Wildman–Crippen LogP) is 2.23. The summed E-state index contributed by atoms with van der Waals surface area (Å²) >= 11 is 3.63. The number of rotatable bonds is 1. The molecule has 1 saturated heterocycles. The number of anilines is 1. The van der Waals surface area contributed by atoms with Crippen LogP contribution in [0.15, 0.2) is 12.4 Å². The summed E-state index contributed by atoms with van der Waals surface area (Å²) in [5, 5.41) is 0. The summed E-state index contributed by atoms with van der Waals surface area (Å²) in [6, 6.07) is 0. The van der Waals surface area contributed by atoms with Crippen LogP contribution in [0.1, 0.15) is 13.3 Å². The number of hydrogen-bond acceptors (Lipinski definition) is 3. The molecular formula is C10H13BrFN3. The Morgan fingerprint density at radius 2 is 2.13 bits per heavy atom. The average Bonchev–Trinajstić information content (AvgIpc) is 2.23. The summed E-state index contributed by atoms with van der Waals surface area (Å²) in [7, 11) is 0. The second kappa shape index (κ2) is 4.43. The normalized spacial score (nSPS) is 26.7. The minimum atomic E-state index is -0.389. The Hall–Kier alpha value is -0.710. The first-order chi connectivity index (χ1) is 7.16. The van der Waals surface area contributed by atoms with Gasteiger partial charge in [0.2, 0.25) is 5.95 Å². The van der Waals surface area contributed by atoms with Crippen LogP contribution in [0.25, 0.3) is 0 Å². The zero-order valence-electron chi connectivity index (χ0n) is 8.53. The molecule has 2 rings (SSSR count). The maximum absolute atomic E-state index is 12.6. The van der Waals surface area contributed by atoms with E-state index in [0.29, 0.717) is 16.7 Å². The lowest BCUT2D eigenvalue weighted by Crippen LogP contribution is -2.41. The first kappa shape index (κ1) is 10.8. The lowest BCUT2D eigenvalue weighted by molar-refractivity contribution is 0.451. The van der Waals surface area contributed by atoms with Crippen molar-refractivity contribution < 1.29 is 4.39 Å². The molecule has 3 nitrogen and oxygen atoms in total. The molecule has 1 fully saturated rings.